The van der Waals surface area contributed by atoms with Crippen LogP contribution in [0.4, 0.5) is 0 Å². The van der Waals surface area contributed by atoms with Gasteiger partial charge in [-0.25, -0.2) is 0 Å². The van der Waals surface area contributed by atoms with Crippen LogP contribution < -0.4 is 5.32 Å². The van der Waals surface area contributed by atoms with Crippen LogP contribution in [0.5, 0.6) is 0 Å². The van der Waals surface area contributed by atoms with Crippen molar-refractivity contribution in [2.75, 3.05) is 0 Å². The van der Waals surface area contributed by atoms with Gasteiger partial charge in [0.25, 0.3) is 0 Å². The molecule has 0 bridgehead atoms. The van der Waals surface area contributed by atoms with Gasteiger partial charge in [0, 0.05) is 12.0 Å². The second kappa shape index (κ2) is 6.66. The fraction of sp³-hybridized carbons (Fsp3) is 0.941. The minimum Gasteiger partial charge on any atom is -0.413 e. The van der Waals surface area contributed by atoms with Crippen molar-refractivity contribution in [2.45, 2.75) is 88.7 Å². The highest BCUT2D eigenvalue weighted by Crippen LogP contribution is 2.41. The first kappa shape index (κ1) is 19.2. The van der Waals surface area contributed by atoms with Gasteiger partial charge in [0.2, 0.25) is 5.91 Å². The van der Waals surface area contributed by atoms with Crippen LogP contribution in [0.2, 0.25) is 18.1 Å². The lowest BCUT2D eigenvalue weighted by Gasteiger charge is -2.50. The van der Waals surface area contributed by atoms with E-state index in [4.69, 9.17) is 16.0 Å². The molecule has 2 fully saturated rings. The number of rotatable bonds is 4. The van der Waals surface area contributed by atoms with Crippen molar-refractivity contribution >= 4 is 25.8 Å². The summed E-state index contributed by atoms with van der Waals surface area (Å²) in [5.74, 6) is -0.0877. The third-order valence-electron chi connectivity index (χ3n) is 6.08. The molecule has 1 saturated carbocycles. The lowest BCUT2D eigenvalue weighted by Crippen LogP contribution is -2.68. The van der Waals surface area contributed by atoms with Gasteiger partial charge in [-0.2, -0.15) is 0 Å². The molecule has 2 rings (SSSR count). The number of carbonyl (C=O) groups excluding carboxylic acids is 1. The number of alkyl halides is 1. The maximum atomic E-state index is 12.2. The van der Waals surface area contributed by atoms with E-state index in [1.165, 1.54) is 0 Å². The van der Waals surface area contributed by atoms with Gasteiger partial charge in [-0.1, -0.05) is 27.2 Å². The van der Waals surface area contributed by atoms with E-state index in [0.29, 0.717) is 0 Å². The molecule has 1 aliphatic carbocycles. The fourth-order valence-corrected chi connectivity index (χ4v) is 5.33. The Labute approximate surface area is 146 Å². The number of nitrogens with one attached hydrogen (secondary N) is 1. The molecule has 0 aromatic rings. The number of carbonyl (C=O) groups is 1. The molecule has 1 heterocycles. The van der Waals surface area contributed by atoms with Gasteiger partial charge >= 0.3 is 0 Å². The molecule has 2 aliphatic rings. The Kier molecular flexibility index (Phi) is 5.57. The van der Waals surface area contributed by atoms with Crippen LogP contribution >= 0.6 is 11.6 Å². The number of hydrogen-bond donors (Lipinski definition) is 2. The summed E-state index contributed by atoms with van der Waals surface area (Å²) >= 11 is 6.23. The summed E-state index contributed by atoms with van der Waals surface area (Å²) in [4.78, 5) is 12.2. The molecule has 0 radical (unpaired) electrons. The van der Waals surface area contributed by atoms with Crippen molar-refractivity contribution in [3.63, 3.8) is 0 Å². The standard InChI is InChI=1S/C17H32ClNO3Si/c1-10(22-23(5,6)17(2,3)4)13-14(19-16(13)21)11-8-7-9-12(18)15(11)20/h10-15,20H,7-9H2,1-6H3,(H,19,21)/t10-,11-,12+,13-,14?,15-/m1/s1. The third-order valence-corrected chi connectivity index (χ3v) is 11.1. The average molecular weight is 362 g/mol. The van der Waals surface area contributed by atoms with Gasteiger partial charge in [-0.15, -0.1) is 11.6 Å². The van der Waals surface area contributed by atoms with Crippen LogP contribution in [0.15, 0.2) is 0 Å². The Morgan fingerprint density at radius 3 is 2.48 bits per heavy atom. The first-order valence-corrected chi connectivity index (χ1v) is 12.1. The molecule has 0 aromatic carbocycles. The van der Waals surface area contributed by atoms with Gasteiger partial charge in [0.1, 0.15) is 0 Å². The minimum atomic E-state index is -1.92. The quantitative estimate of drug-likeness (QED) is 0.459. The zero-order chi connectivity index (χ0) is 17.6. The first-order valence-electron chi connectivity index (χ1n) is 8.76. The summed E-state index contributed by atoms with van der Waals surface area (Å²) < 4.78 is 6.42. The van der Waals surface area contributed by atoms with E-state index >= 15 is 0 Å². The van der Waals surface area contributed by atoms with Crippen LogP contribution in [-0.2, 0) is 9.22 Å². The highest BCUT2D eigenvalue weighted by atomic mass is 35.5. The average Bonchev–Trinajstić information content (AvgIpc) is 2.37. The number of halogens is 1. The lowest BCUT2D eigenvalue weighted by molar-refractivity contribution is -0.145. The fourth-order valence-electron chi connectivity index (χ4n) is 3.56. The molecule has 23 heavy (non-hydrogen) atoms. The van der Waals surface area contributed by atoms with Crippen molar-refractivity contribution in [1.29, 1.82) is 0 Å². The number of aliphatic hydroxyl groups is 1. The molecular formula is C17H32ClNO3Si. The summed E-state index contributed by atoms with van der Waals surface area (Å²) in [6, 6.07) is -0.0150. The summed E-state index contributed by atoms with van der Waals surface area (Å²) in [5, 5.41) is 13.3. The number of aliphatic hydroxyl groups excluding tert-OH is 1. The van der Waals surface area contributed by atoms with Crippen molar-refractivity contribution in [3.05, 3.63) is 0 Å². The Hall–Kier alpha value is -0.103. The number of amides is 1. The molecule has 1 amide bonds. The minimum absolute atomic E-state index is 0.0150. The van der Waals surface area contributed by atoms with Crippen molar-refractivity contribution in [2.24, 2.45) is 11.8 Å². The molecule has 4 nitrogen and oxygen atoms in total. The molecule has 6 atom stereocenters. The zero-order valence-corrected chi connectivity index (χ0v) is 17.0. The first-order chi connectivity index (χ1) is 10.5. The predicted octanol–water partition coefficient (Wildman–Crippen LogP) is 3.28. The topological polar surface area (TPSA) is 58.6 Å². The SMILES string of the molecule is C[C@@H](O[Si](C)(C)C(C)(C)C)[C@H]1C(=O)NC1[C@H]1CCC[C@H](Cl)[C@@H]1O. The van der Waals surface area contributed by atoms with E-state index in [1.807, 2.05) is 6.92 Å². The van der Waals surface area contributed by atoms with E-state index in [2.05, 4.69) is 39.2 Å². The van der Waals surface area contributed by atoms with Gasteiger partial charge in [-0.05, 0) is 37.9 Å². The molecule has 0 aromatic heterocycles. The monoisotopic (exact) mass is 361 g/mol. The van der Waals surface area contributed by atoms with Gasteiger partial charge < -0.3 is 14.8 Å². The molecule has 6 heteroatoms. The van der Waals surface area contributed by atoms with Gasteiger partial charge in [0.05, 0.1) is 23.5 Å². The van der Waals surface area contributed by atoms with E-state index in [9.17, 15) is 9.90 Å². The van der Waals surface area contributed by atoms with E-state index in [0.717, 1.165) is 19.3 Å². The highest BCUT2D eigenvalue weighted by molar-refractivity contribution is 6.74. The third kappa shape index (κ3) is 3.78. The molecular weight excluding hydrogens is 330 g/mol. The summed E-state index contributed by atoms with van der Waals surface area (Å²) in [7, 11) is -1.92. The van der Waals surface area contributed by atoms with Crippen LogP contribution in [-0.4, -0.2) is 43.0 Å². The van der Waals surface area contributed by atoms with Gasteiger partial charge in [-0.3, -0.25) is 4.79 Å². The number of β-lactam (4-membered cyclic amide) rings is 1. The van der Waals surface area contributed by atoms with Crippen LogP contribution in [0, 0.1) is 11.8 Å². The second-order valence-corrected chi connectivity index (χ2v) is 14.1. The molecule has 1 saturated heterocycles. The van der Waals surface area contributed by atoms with Gasteiger partial charge in [0.15, 0.2) is 8.32 Å². The largest absolute Gasteiger partial charge is 0.413 e. The predicted molar refractivity (Wildman–Crippen MR) is 96.2 cm³/mol. The van der Waals surface area contributed by atoms with E-state index in [1.54, 1.807) is 0 Å². The Morgan fingerprint density at radius 1 is 1.35 bits per heavy atom. The normalized spacial score (nSPS) is 37.0. The van der Waals surface area contributed by atoms with Crippen LogP contribution in [0.25, 0.3) is 0 Å². The summed E-state index contributed by atoms with van der Waals surface area (Å²) in [6.45, 7) is 13.0. The number of hydrogen-bond acceptors (Lipinski definition) is 3. The molecule has 2 N–H and O–H groups in total. The second-order valence-electron chi connectivity index (χ2n) is 8.74. The van der Waals surface area contributed by atoms with Crippen molar-refractivity contribution in [1.82, 2.24) is 5.32 Å². The summed E-state index contributed by atoms with van der Waals surface area (Å²) in [5.41, 5.74) is 0. The molecule has 1 aliphatic heterocycles. The lowest BCUT2D eigenvalue weighted by atomic mass is 9.71. The van der Waals surface area contributed by atoms with Crippen LogP contribution in [0.3, 0.4) is 0 Å². The smallest absolute Gasteiger partial charge is 0.228 e. The Balaban J connectivity index is 2.07. The molecule has 0 spiro atoms. The Morgan fingerprint density at radius 2 is 1.96 bits per heavy atom. The van der Waals surface area contributed by atoms with Crippen molar-refractivity contribution < 1.29 is 14.3 Å². The van der Waals surface area contributed by atoms with Crippen LogP contribution in [0.1, 0.15) is 47.0 Å². The highest BCUT2D eigenvalue weighted by Gasteiger charge is 2.52. The maximum Gasteiger partial charge on any atom is 0.228 e. The van der Waals surface area contributed by atoms with E-state index in [-0.39, 0.29) is 40.3 Å². The zero-order valence-electron chi connectivity index (χ0n) is 15.2. The molecule has 134 valence electrons. The van der Waals surface area contributed by atoms with Crippen molar-refractivity contribution in [3.8, 4) is 0 Å². The van der Waals surface area contributed by atoms with E-state index < -0.39 is 14.4 Å². The summed E-state index contributed by atoms with van der Waals surface area (Å²) in [6.07, 6.45) is 2.10. The Bertz CT molecular complexity index is 452. The maximum absolute atomic E-state index is 12.2. The molecule has 1 unspecified atom stereocenters.